The zero-order chi connectivity index (χ0) is 0. The molecule has 0 spiro atoms. The first-order chi connectivity index (χ1) is 0. The summed E-state index contributed by atoms with van der Waals surface area (Å²) in [5, 5.41) is 0. The van der Waals surface area contributed by atoms with E-state index in [1.165, 1.54) is 0 Å². The van der Waals surface area contributed by atoms with Crippen LogP contribution in [-0.4, -0.2) is 16.4 Å². The number of hydrogen-bond acceptors (Lipinski definition) is 0. The van der Waals surface area contributed by atoms with Crippen LogP contribution in [0.4, 0.5) is 0 Å². The Morgan fingerprint density at radius 2 is 0.500 bits per heavy atom. The first-order valence-corrected chi connectivity index (χ1v) is 0. The van der Waals surface area contributed by atoms with E-state index in [0.29, 0.717) is 0 Å². The summed E-state index contributed by atoms with van der Waals surface area (Å²) in [4.78, 5) is 0. The molecule has 0 saturated carbocycles. The van der Waals surface area contributed by atoms with E-state index in [-0.39, 0.29) is 113 Å². The summed E-state index contributed by atoms with van der Waals surface area (Å²) in [5.74, 6) is 0. The molecular formula is H6HfLa2O3. The molecule has 6 heavy (non-hydrogen) atoms. The van der Waals surface area contributed by atoms with Gasteiger partial charge in [0.05, 0.1) is 0 Å². The zero-order valence-electron chi connectivity index (χ0n) is 3.15. The zero-order valence-corrected chi connectivity index (χ0v) is 14.0. The summed E-state index contributed by atoms with van der Waals surface area (Å²) < 4.78 is 0. The summed E-state index contributed by atoms with van der Waals surface area (Å²) in [6, 6.07) is 0. The fourth-order valence-corrected chi connectivity index (χ4v) is 0. The molecule has 0 aliphatic carbocycles. The molecule has 2 radical (unpaired) electrons. The Bertz CT molecular complexity index is 8.75. The Balaban J connectivity index is 0. The van der Waals surface area contributed by atoms with Gasteiger partial charge < -0.3 is 16.4 Å². The Hall–Kier alpha value is 3.14. The summed E-state index contributed by atoms with van der Waals surface area (Å²) in [7, 11) is 0. The number of hydrogen-bond donors (Lipinski definition) is 0. The summed E-state index contributed by atoms with van der Waals surface area (Å²) in [6.45, 7) is 0. The molecule has 0 saturated heterocycles. The van der Waals surface area contributed by atoms with Crippen LogP contribution in [0.15, 0.2) is 0 Å². The minimum atomic E-state index is 0. The van der Waals surface area contributed by atoms with Gasteiger partial charge in [-0.1, -0.05) is 0 Å². The standard InChI is InChI=1S/Hf.2La.3H2O/h;;;3*1H2. The van der Waals surface area contributed by atoms with Gasteiger partial charge in [-0.05, 0) is 0 Å². The van der Waals surface area contributed by atoms with Gasteiger partial charge in [0.15, 0.2) is 0 Å². The summed E-state index contributed by atoms with van der Waals surface area (Å²) in [5.41, 5.74) is 0. The van der Waals surface area contributed by atoms with Crippen LogP contribution >= 0.6 is 0 Å². The molecule has 34 valence electrons. The average Bonchev–Trinajstić information content (AvgIpc) is 0. The van der Waals surface area contributed by atoms with E-state index < -0.39 is 0 Å². The molecule has 0 amide bonds. The fourth-order valence-electron chi connectivity index (χ4n) is 0. The van der Waals surface area contributed by atoms with E-state index in [2.05, 4.69) is 0 Å². The Morgan fingerprint density at radius 3 is 0.500 bits per heavy atom. The van der Waals surface area contributed by atoms with Crippen molar-refractivity contribution in [2.45, 2.75) is 0 Å². The molecule has 6 heteroatoms. The van der Waals surface area contributed by atoms with Gasteiger partial charge in [-0.2, -0.15) is 0 Å². The van der Waals surface area contributed by atoms with Crippen molar-refractivity contribution >= 4 is 0 Å². The van der Waals surface area contributed by atoms with E-state index in [1.807, 2.05) is 0 Å². The third-order valence-corrected chi connectivity index (χ3v) is 0. The van der Waals surface area contributed by atoms with Crippen molar-refractivity contribution in [3.05, 3.63) is 0 Å². The third kappa shape index (κ3) is 27.3. The first-order valence-electron chi connectivity index (χ1n) is 0. The van der Waals surface area contributed by atoms with Crippen LogP contribution in [-0.2, 0) is 25.8 Å². The molecule has 6 N–H and O–H groups in total. The van der Waals surface area contributed by atoms with Crippen LogP contribution in [0.3, 0.4) is 0 Å². The van der Waals surface area contributed by atoms with Crippen molar-refractivity contribution in [2.75, 3.05) is 0 Å². The topological polar surface area (TPSA) is 94.5 Å². The van der Waals surface area contributed by atoms with Gasteiger partial charge >= 0.3 is 0 Å². The van der Waals surface area contributed by atoms with Crippen molar-refractivity contribution in [1.29, 1.82) is 0 Å². The summed E-state index contributed by atoms with van der Waals surface area (Å²) in [6.07, 6.45) is 0. The minimum Gasteiger partial charge on any atom is -0.412 e. The van der Waals surface area contributed by atoms with Gasteiger partial charge in [0.25, 0.3) is 0 Å². The second-order valence-electron chi connectivity index (χ2n) is 0. The van der Waals surface area contributed by atoms with Crippen LogP contribution in [0.2, 0.25) is 0 Å². The fraction of sp³-hybridized carbons (Fsp3) is 0. The molecule has 0 bridgehead atoms. The van der Waals surface area contributed by atoms with Crippen LogP contribution in [0.25, 0.3) is 0 Å². The average molecular weight is 510 g/mol. The minimum absolute atomic E-state index is 0. The van der Waals surface area contributed by atoms with E-state index in [1.54, 1.807) is 0 Å². The van der Waals surface area contributed by atoms with Crippen molar-refractivity contribution in [3.63, 3.8) is 0 Å². The largest absolute Gasteiger partial charge is 0.412 e. The predicted octanol–water partition coefficient (Wildman–Crippen LogP) is -2.48. The normalized spacial score (nSPS) is 0. The molecule has 0 aromatic carbocycles. The molecular weight excluding hydrogens is 504 g/mol. The van der Waals surface area contributed by atoms with E-state index >= 15 is 0 Å². The third-order valence-electron chi connectivity index (χ3n) is 0. The molecule has 0 atom stereocenters. The second kappa shape index (κ2) is 42.1. The van der Waals surface area contributed by atoms with Crippen LogP contribution in [0, 0.1) is 71.2 Å². The molecule has 0 aromatic rings. The van der Waals surface area contributed by atoms with Gasteiger partial charge in [0, 0.05) is 97.0 Å². The quantitative estimate of drug-likeness (QED) is 0.323. The molecule has 3 nitrogen and oxygen atoms in total. The predicted molar refractivity (Wildman–Crippen MR) is 10.8 cm³/mol. The van der Waals surface area contributed by atoms with Gasteiger partial charge in [0.2, 0.25) is 0 Å². The van der Waals surface area contributed by atoms with Crippen molar-refractivity contribution in [3.8, 4) is 0 Å². The van der Waals surface area contributed by atoms with E-state index in [0.717, 1.165) is 0 Å². The number of rotatable bonds is 0. The molecule has 0 rings (SSSR count). The Morgan fingerprint density at radius 1 is 0.500 bits per heavy atom. The van der Waals surface area contributed by atoms with Crippen LogP contribution < -0.4 is 0 Å². The summed E-state index contributed by atoms with van der Waals surface area (Å²) >= 11 is 0. The van der Waals surface area contributed by atoms with Gasteiger partial charge in [-0.3, -0.25) is 0 Å². The van der Waals surface area contributed by atoms with Gasteiger partial charge in [0.1, 0.15) is 0 Å². The van der Waals surface area contributed by atoms with Crippen molar-refractivity contribution < 1.29 is 113 Å². The smallest absolute Gasteiger partial charge is 0 e. The maximum atomic E-state index is 0. The Labute approximate surface area is 111 Å². The van der Waals surface area contributed by atoms with Crippen LogP contribution in [0.5, 0.6) is 0 Å². The SMILES string of the molecule is O.O.O.[Hf].[La].[La]. The maximum absolute atomic E-state index is 0. The van der Waals surface area contributed by atoms with Crippen molar-refractivity contribution in [1.82, 2.24) is 0 Å². The van der Waals surface area contributed by atoms with Gasteiger partial charge in [-0.15, -0.1) is 0 Å². The van der Waals surface area contributed by atoms with Crippen LogP contribution in [0.1, 0.15) is 0 Å². The second-order valence-corrected chi connectivity index (χ2v) is 0. The first kappa shape index (κ1) is 61.4. The molecule has 0 aliphatic heterocycles. The molecule has 0 unspecified atom stereocenters. The van der Waals surface area contributed by atoms with E-state index in [9.17, 15) is 0 Å². The molecule has 0 aliphatic rings. The molecule has 0 fully saturated rings. The molecule has 0 aromatic heterocycles. The van der Waals surface area contributed by atoms with Gasteiger partial charge in [-0.25, -0.2) is 0 Å². The van der Waals surface area contributed by atoms with Crippen molar-refractivity contribution in [2.24, 2.45) is 0 Å². The monoisotopic (exact) mass is 512 g/mol. The maximum Gasteiger partial charge on any atom is 0 e. The Kier molecular flexibility index (Phi) is 431. The van der Waals surface area contributed by atoms with E-state index in [4.69, 9.17) is 0 Å². The molecule has 0 heterocycles.